The van der Waals surface area contributed by atoms with Gasteiger partial charge in [-0.2, -0.15) is 4.98 Å². The van der Waals surface area contributed by atoms with Crippen LogP contribution in [0.2, 0.25) is 5.28 Å². The van der Waals surface area contributed by atoms with Crippen LogP contribution in [-0.2, 0) is 4.74 Å². The Kier molecular flexibility index (Phi) is 6.49. The van der Waals surface area contributed by atoms with Crippen molar-refractivity contribution in [2.24, 2.45) is 0 Å². The van der Waals surface area contributed by atoms with Crippen LogP contribution in [0.4, 0.5) is 15.0 Å². The van der Waals surface area contributed by atoms with Crippen LogP contribution in [0.5, 0.6) is 0 Å². The third kappa shape index (κ3) is 4.21. The molecule has 2 aliphatic heterocycles. The molecule has 1 aromatic carbocycles. The number of rotatable bonds is 1. The average molecular weight is 502 g/mol. The number of hydrogen-bond donors (Lipinski definition) is 0. The summed E-state index contributed by atoms with van der Waals surface area (Å²) in [6, 6.07) is 1.98. The normalized spacial score (nSPS) is 20.4. The first kappa shape index (κ1) is 23.0. The smallest absolute Gasteiger partial charge is 0.410 e. The largest absolute Gasteiger partial charge is 0.444 e. The number of aromatic nitrogens is 2. The zero-order valence-electron chi connectivity index (χ0n) is 18.1. The maximum atomic E-state index is 14.7. The maximum Gasteiger partial charge on any atom is 0.410 e. The minimum Gasteiger partial charge on any atom is -0.444 e. The summed E-state index contributed by atoms with van der Waals surface area (Å²) in [7, 11) is 0. The van der Waals surface area contributed by atoms with E-state index in [2.05, 4.69) is 30.8 Å². The number of piperazine rings is 1. The van der Waals surface area contributed by atoms with E-state index in [1.807, 2.05) is 47.6 Å². The molecule has 0 radical (unpaired) electrons. The van der Waals surface area contributed by atoms with Crippen molar-refractivity contribution in [3.63, 3.8) is 0 Å². The van der Waals surface area contributed by atoms with E-state index in [1.165, 1.54) is 0 Å². The van der Waals surface area contributed by atoms with E-state index in [0.717, 1.165) is 12.0 Å². The summed E-state index contributed by atoms with van der Waals surface area (Å²) in [4.78, 5) is 24.9. The molecule has 0 aliphatic carbocycles. The van der Waals surface area contributed by atoms with E-state index in [1.54, 1.807) is 4.90 Å². The quantitative estimate of drug-likeness (QED) is 0.468. The van der Waals surface area contributed by atoms with Gasteiger partial charge in [0.1, 0.15) is 16.9 Å². The summed E-state index contributed by atoms with van der Waals surface area (Å²) in [6.07, 6.45) is 0.524. The fraction of sp³-hybridized carbons (Fsp3) is 0.571. The second-order valence-electron chi connectivity index (χ2n) is 8.36. The summed E-state index contributed by atoms with van der Waals surface area (Å²) in [5.74, 6) is 0.168. The molecule has 2 unspecified atom stereocenters. The molecule has 164 valence electrons. The lowest BCUT2D eigenvalue weighted by molar-refractivity contribution is 0.0214. The predicted octanol–water partition coefficient (Wildman–Crippen LogP) is 5.72. The van der Waals surface area contributed by atoms with Crippen LogP contribution in [0.3, 0.4) is 0 Å². The lowest BCUT2D eigenvalue weighted by atomic mass is 10.1. The predicted molar refractivity (Wildman–Crippen MR) is 121 cm³/mol. The number of hydrogen-bond acceptors (Lipinski definition) is 5. The molecule has 2 bridgehead atoms. The molecule has 2 aromatic rings. The van der Waals surface area contributed by atoms with Crippen molar-refractivity contribution < 1.29 is 13.9 Å². The first-order valence-corrected chi connectivity index (χ1v) is 11.3. The van der Waals surface area contributed by atoms with Crippen molar-refractivity contribution in [2.45, 2.75) is 65.6 Å². The number of carbonyl (C=O) groups excluding carboxylic acids is 1. The van der Waals surface area contributed by atoms with Crippen molar-refractivity contribution in [3.05, 3.63) is 27.2 Å². The van der Waals surface area contributed by atoms with Gasteiger partial charge < -0.3 is 14.5 Å². The highest BCUT2D eigenvalue weighted by molar-refractivity contribution is 9.10. The van der Waals surface area contributed by atoms with Crippen LogP contribution in [0, 0.1) is 12.7 Å². The third-order valence-corrected chi connectivity index (χ3v) is 6.29. The Morgan fingerprint density at radius 1 is 1.27 bits per heavy atom. The van der Waals surface area contributed by atoms with Gasteiger partial charge in [0.25, 0.3) is 0 Å². The third-order valence-electron chi connectivity index (χ3n) is 5.15. The molecule has 0 N–H and O–H groups in total. The van der Waals surface area contributed by atoms with Gasteiger partial charge in [0.15, 0.2) is 5.82 Å². The van der Waals surface area contributed by atoms with Gasteiger partial charge in [-0.05, 0) is 73.3 Å². The second-order valence-corrected chi connectivity index (χ2v) is 9.49. The van der Waals surface area contributed by atoms with Crippen molar-refractivity contribution >= 4 is 50.3 Å². The summed E-state index contributed by atoms with van der Waals surface area (Å²) < 4.78 is 20.6. The molecule has 3 heterocycles. The zero-order valence-corrected chi connectivity index (χ0v) is 20.4. The Morgan fingerprint density at radius 2 is 1.93 bits per heavy atom. The van der Waals surface area contributed by atoms with E-state index in [0.29, 0.717) is 28.8 Å². The van der Waals surface area contributed by atoms with Crippen molar-refractivity contribution in [1.29, 1.82) is 0 Å². The lowest BCUT2D eigenvalue weighted by Crippen LogP contribution is -2.50. The number of fused-ring (bicyclic) bond motifs is 3. The SMILES string of the molecule is CC.Cc1cc2c(N3CC4CC3CN4C(=O)OC(C)(C)C)nc(Cl)nc2c(F)c1Br. The minimum absolute atomic E-state index is 0.00363. The molecular formula is C21H27BrClFN4O2. The molecule has 1 aromatic heterocycles. The number of ether oxygens (including phenoxy) is 1. The van der Waals surface area contributed by atoms with E-state index < -0.39 is 11.4 Å². The molecule has 9 heteroatoms. The van der Waals surface area contributed by atoms with E-state index >= 15 is 0 Å². The van der Waals surface area contributed by atoms with E-state index in [9.17, 15) is 9.18 Å². The van der Waals surface area contributed by atoms with Crippen LogP contribution in [0.15, 0.2) is 10.5 Å². The topological polar surface area (TPSA) is 58.6 Å². The molecule has 2 atom stereocenters. The molecule has 6 nitrogen and oxygen atoms in total. The minimum atomic E-state index is -0.530. The Morgan fingerprint density at radius 3 is 2.50 bits per heavy atom. The molecule has 30 heavy (non-hydrogen) atoms. The molecule has 2 fully saturated rings. The van der Waals surface area contributed by atoms with Gasteiger partial charge >= 0.3 is 6.09 Å². The highest BCUT2D eigenvalue weighted by Crippen LogP contribution is 2.39. The van der Waals surface area contributed by atoms with Gasteiger partial charge in [0.2, 0.25) is 5.28 Å². The Balaban J connectivity index is 0.00000124. The highest BCUT2D eigenvalue weighted by atomic mass is 79.9. The Bertz CT molecular complexity index is 982. The molecule has 2 aliphatic rings. The van der Waals surface area contributed by atoms with Crippen LogP contribution in [0.25, 0.3) is 10.9 Å². The molecular weight excluding hydrogens is 475 g/mol. The fourth-order valence-corrected chi connectivity index (χ4v) is 4.44. The summed E-state index contributed by atoms with van der Waals surface area (Å²) >= 11 is 9.37. The van der Waals surface area contributed by atoms with Crippen LogP contribution in [-0.4, -0.2) is 51.7 Å². The monoisotopic (exact) mass is 500 g/mol. The first-order valence-electron chi connectivity index (χ1n) is 10.1. The average Bonchev–Trinajstić information content (AvgIpc) is 3.28. The molecule has 0 saturated carbocycles. The van der Waals surface area contributed by atoms with Gasteiger partial charge in [-0.1, -0.05) is 13.8 Å². The standard InChI is InChI=1S/C19H21BrClFN4O2.C2H6/c1-9-5-12-15(14(22)13(9)20)23-17(21)24-16(12)25-7-11-6-10(25)8-26(11)18(27)28-19(2,3)4;1-2/h5,10-11H,6-8H2,1-4H3;1-2H3. The number of likely N-dealkylation sites (tertiary alicyclic amines) is 1. The van der Waals surface area contributed by atoms with E-state index in [-0.39, 0.29) is 29.0 Å². The molecule has 2 saturated heterocycles. The summed E-state index contributed by atoms with van der Waals surface area (Å²) in [6.45, 7) is 12.5. The fourth-order valence-electron chi connectivity index (χ4n) is 3.98. The summed E-state index contributed by atoms with van der Waals surface area (Å²) in [5.41, 5.74) is 0.424. The van der Waals surface area contributed by atoms with Crippen LogP contribution in [0.1, 0.15) is 46.6 Å². The van der Waals surface area contributed by atoms with Crippen molar-refractivity contribution in [2.75, 3.05) is 18.0 Å². The van der Waals surface area contributed by atoms with Gasteiger partial charge in [-0.3, -0.25) is 0 Å². The maximum absolute atomic E-state index is 14.7. The Labute approximate surface area is 189 Å². The second kappa shape index (κ2) is 8.46. The van der Waals surface area contributed by atoms with E-state index in [4.69, 9.17) is 16.3 Å². The number of amides is 1. The zero-order chi connectivity index (χ0) is 22.4. The van der Waals surface area contributed by atoms with Crippen molar-refractivity contribution in [1.82, 2.24) is 14.9 Å². The number of carbonyl (C=O) groups is 1. The highest BCUT2D eigenvalue weighted by Gasteiger charge is 2.47. The molecule has 4 rings (SSSR count). The van der Waals surface area contributed by atoms with Crippen LogP contribution < -0.4 is 4.90 Å². The van der Waals surface area contributed by atoms with Gasteiger partial charge in [-0.25, -0.2) is 14.2 Å². The van der Waals surface area contributed by atoms with Gasteiger partial charge in [0.05, 0.1) is 16.6 Å². The molecule has 1 amide bonds. The van der Waals surface area contributed by atoms with Crippen LogP contribution >= 0.6 is 27.5 Å². The number of aryl methyl sites for hydroxylation is 1. The molecule has 0 spiro atoms. The number of benzene rings is 1. The summed E-state index contributed by atoms with van der Waals surface area (Å²) in [5, 5.41) is 0.628. The number of anilines is 1. The van der Waals surface area contributed by atoms with Crippen molar-refractivity contribution in [3.8, 4) is 0 Å². The number of nitrogens with zero attached hydrogens (tertiary/aromatic N) is 4. The Hall–Kier alpha value is -1.67. The lowest BCUT2D eigenvalue weighted by Gasteiger charge is -2.36. The first-order chi connectivity index (χ1) is 14.0. The van der Waals surface area contributed by atoms with Gasteiger partial charge in [0, 0.05) is 18.5 Å². The van der Waals surface area contributed by atoms with Gasteiger partial charge in [-0.15, -0.1) is 0 Å². The number of halogens is 3.